The third kappa shape index (κ3) is 4.56. The summed E-state index contributed by atoms with van der Waals surface area (Å²) in [5, 5.41) is 11.3. The quantitative estimate of drug-likeness (QED) is 0.779. The standard InChI is InChI=1S/C13H25N5O/c1-3-19-13-4-6-17(7-5-13)8-9-18-11-12(10-14-2)15-16-18/h11,13-14H,3-10H2,1-2H3. The van der Waals surface area contributed by atoms with Crippen molar-refractivity contribution in [3.05, 3.63) is 11.9 Å². The lowest BCUT2D eigenvalue weighted by molar-refractivity contribution is 0.0134. The van der Waals surface area contributed by atoms with Crippen LogP contribution in [-0.2, 0) is 17.8 Å². The van der Waals surface area contributed by atoms with Crippen LogP contribution in [0.15, 0.2) is 6.20 Å². The van der Waals surface area contributed by atoms with Crippen molar-refractivity contribution in [2.24, 2.45) is 0 Å². The highest BCUT2D eigenvalue weighted by molar-refractivity contribution is 4.91. The van der Waals surface area contributed by atoms with Crippen LogP contribution >= 0.6 is 0 Å². The van der Waals surface area contributed by atoms with Gasteiger partial charge in [-0.2, -0.15) is 0 Å². The minimum Gasteiger partial charge on any atom is -0.378 e. The van der Waals surface area contributed by atoms with Gasteiger partial charge in [0, 0.05) is 39.0 Å². The third-order valence-electron chi connectivity index (χ3n) is 3.53. The zero-order valence-electron chi connectivity index (χ0n) is 12.0. The van der Waals surface area contributed by atoms with E-state index in [2.05, 4.69) is 27.5 Å². The molecule has 1 saturated heterocycles. The van der Waals surface area contributed by atoms with E-state index in [1.165, 1.54) is 0 Å². The fraction of sp³-hybridized carbons (Fsp3) is 0.846. The first-order chi connectivity index (χ1) is 9.31. The van der Waals surface area contributed by atoms with Crippen LogP contribution in [0, 0.1) is 0 Å². The second kappa shape index (κ2) is 7.57. The number of nitrogens with zero attached hydrogens (tertiary/aromatic N) is 4. The minimum absolute atomic E-state index is 0.467. The molecule has 1 fully saturated rings. The normalized spacial score (nSPS) is 18.0. The Morgan fingerprint density at radius 1 is 1.37 bits per heavy atom. The molecule has 6 nitrogen and oxygen atoms in total. The number of rotatable bonds is 7. The van der Waals surface area contributed by atoms with Crippen molar-refractivity contribution in [3.63, 3.8) is 0 Å². The Labute approximate surface area is 115 Å². The molecule has 0 aliphatic carbocycles. The summed E-state index contributed by atoms with van der Waals surface area (Å²) in [6.45, 7) is 7.89. The van der Waals surface area contributed by atoms with Crippen molar-refractivity contribution >= 4 is 0 Å². The summed E-state index contributed by atoms with van der Waals surface area (Å²) in [5.74, 6) is 0. The van der Waals surface area contributed by atoms with Crippen molar-refractivity contribution in [3.8, 4) is 0 Å². The lowest BCUT2D eigenvalue weighted by Crippen LogP contribution is -2.38. The van der Waals surface area contributed by atoms with Gasteiger partial charge in [0.25, 0.3) is 0 Å². The second-order valence-corrected chi connectivity index (χ2v) is 5.00. The third-order valence-corrected chi connectivity index (χ3v) is 3.53. The molecular formula is C13H25N5O. The molecule has 1 aromatic rings. The van der Waals surface area contributed by atoms with E-state index >= 15 is 0 Å². The molecule has 1 aliphatic rings. The Balaban J connectivity index is 1.68. The molecule has 6 heteroatoms. The Hall–Kier alpha value is -0.980. The van der Waals surface area contributed by atoms with Gasteiger partial charge in [-0.25, -0.2) is 0 Å². The van der Waals surface area contributed by atoms with E-state index in [9.17, 15) is 0 Å². The minimum atomic E-state index is 0.467. The van der Waals surface area contributed by atoms with Crippen LogP contribution in [0.25, 0.3) is 0 Å². The summed E-state index contributed by atoms with van der Waals surface area (Å²) in [4.78, 5) is 2.48. The Kier molecular flexibility index (Phi) is 5.75. The molecule has 1 aliphatic heterocycles. The van der Waals surface area contributed by atoms with Crippen molar-refractivity contribution in [2.75, 3.05) is 33.3 Å². The van der Waals surface area contributed by atoms with E-state index in [0.717, 1.165) is 57.9 Å². The van der Waals surface area contributed by atoms with E-state index < -0.39 is 0 Å². The number of nitrogens with one attached hydrogen (secondary N) is 1. The van der Waals surface area contributed by atoms with Gasteiger partial charge in [-0.15, -0.1) is 5.10 Å². The van der Waals surface area contributed by atoms with Crippen molar-refractivity contribution in [1.29, 1.82) is 0 Å². The number of ether oxygens (including phenoxy) is 1. The van der Waals surface area contributed by atoms with Crippen molar-refractivity contribution < 1.29 is 4.74 Å². The van der Waals surface area contributed by atoms with Crippen LogP contribution in [-0.4, -0.2) is 59.3 Å². The molecule has 0 spiro atoms. The van der Waals surface area contributed by atoms with Crippen LogP contribution in [0.2, 0.25) is 0 Å². The summed E-state index contributed by atoms with van der Waals surface area (Å²) in [7, 11) is 1.92. The molecule has 1 aromatic heterocycles. The summed E-state index contributed by atoms with van der Waals surface area (Å²) < 4.78 is 7.59. The van der Waals surface area contributed by atoms with Crippen LogP contribution in [0.5, 0.6) is 0 Å². The van der Waals surface area contributed by atoms with Crippen molar-refractivity contribution in [1.82, 2.24) is 25.2 Å². The maximum absolute atomic E-state index is 5.66. The van der Waals surface area contributed by atoms with Crippen LogP contribution in [0.3, 0.4) is 0 Å². The van der Waals surface area contributed by atoms with Gasteiger partial charge in [0.2, 0.25) is 0 Å². The van der Waals surface area contributed by atoms with E-state index in [-0.39, 0.29) is 0 Å². The van der Waals surface area contributed by atoms with Gasteiger partial charge in [0.05, 0.1) is 18.3 Å². The predicted octanol–water partition coefficient (Wildman–Crippen LogP) is 0.498. The highest BCUT2D eigenvalue weighted by Crippen LogP contribution is 2.13. The van der Waals surface area contributed by atoms with E-state index in [1.807, 2.05) is 17.9 Å². The molecule has 0 bridgehead atoms. The van der Waals surface area contributed by atoms with Gasteiger partial charge in [-0.05, 0) is 26.8 Å². The van der Waals surface area contributed by atoms with Crippen LogP contribution in [0.1, 0.15) is 25.5 Å². The lowest BCUT2D eigenvalue weighted by atomic mass is 10.1. The Morgan fingerprint density at radius 2 is 2.16 bits per heavy atom. The lowest BCUT2D eigenvalue weighted by Gasteiger charge is -2.31. The molecule has 2 rings (SSSR count). The molecule has 2 heterocycles. The fourth-order valence-electron chi connectivity index (χ4n) is 2.49. The smallest absolute Gasteiger partial charge is 0.0964 e. The number of aromatic nitrogens is 3. The predicted molar refractivity (Wildman–Crippen MR) is 73.9 cm³/mol. The van der Waals surface area contributed by atoms with E-state index in [1.54, 1.807) is 0 Å². The molecule has 0 amide bonds. The first kappa shape index (κ1) is 14.4. The molecule has 1 N–H and O–H groups in total. The van der Waals surface area contributed by atoms with Gasteiger partial charge < -0.3 is 15.0 Å². The van der Waals surface area contributed by atoms with E-state index in [0.29, 0.717) is 6.10 Å². The average Bonchev–Trinajstić information content (AvgIpc) is 2.87. The summed E-state index contributed by atoms with van der Waals surface area (Å²) in [6, 6.07) is 0. The summed E-state index contributed by atoms with van der Waals surface area (Å²) >= 11 is 0. The zero-order valence-corrected chi connectivity index (χ0v) is 12.0. The summed E-state index contributed by atoms with van der Waals surface area (Å²) in [6.07, 6.45) is 4.78. The number of likely N-dealkylation sites (tertiary alicyclic amines) is 1. The number of hydrogen-bond acceptors (Lipinski definition) is 5. The first-order valence-electron chi connectivity index (χ1n) is 7.19. The highest BCUT2D eigenvalue weighted by Gasteiger charge is 2.18. The molecular weight excluding hydrogens is 242 g/mol. The molecule has 108 valence electrons. The molecule has 0 unspecified atom stereocenters. The molecule has 0 radical (unpaired) electrons. The number of hydrogen-bond donors (Lipinski definition) is 1. The van der Waals surface area contributed by atoms with E-state index in [4.69, 9.17) is 4.74 Å². The second-order valence-electron chi connectivity index (χ2n) is 5.00. The summed E-state index contributed by atoms with van der Waals surface area (Å²) in [5.41, 5.74) is 0.998. The SMILES string of the molecule is CCOC1CCN(CCn2cc(CNC)nn2)CC1. The Bertz CT molecular complexity index is 360. The zero-order chi connectivity index (χ0) is 13.5. The van der Waals surface area contributed by atoms with Gasteiger partial charge in [-0.3, -0.25) is 4.68 Å². The molecule has 0 aromatic carbocycles. The maximum atomic E-state index is 5.66. The van der Waals surface area contributed by atoms with Crippen LogP contribution < -0.4 is 5.32 Å². The fourth-order valence-corrected chi connectivity index (χ4v) is 2.49. The van der Waals surface area contributed by atoms with Crippen LogP contribution in [0.4, 0.5) is 0 Å². The maximum Gasteiger partial charge on any atom is 0.0964 e. The highest BCUT2D eigenvalue weighted by atomic mass is 16.5. The first-order valence-corrected chi connectivity index (χ1v) is 7.19. The number of piperidine rings is 1. The molecule has 19 heavy (non-hydrogen) atoms. The van der Waals surface area contributed by atoms with Gasteiger partial charge >= 0.3 is 0 Å². The Morgan fingerprint density at radius 3 is 2.84 bits per heavy atom. The largest absolute Gasteiger partial charge is 0.378 e. The van der Waals surface area contributed by atoms with Gasteiger partial charge in [0.15, 0.2) is 0 Å². The van der Waals surface area contributed by atoms with Crippen molar-refractivity contribution in [2.45, 2.75) is 39.0 Å². The topological polar surface area (TPSA) is 55.2 Å². The van der Waals surface area contributed by atoms with Gasteiger partial charge in [-0.1, -0.05) is 5.21 Å². The molecule has 0 saturated carbocycles. The monoisotopic (exact) mass is 267 g/mol. The van der Waals surface area contributed by atoms with Gasteiger partial charge in [0.1, 0.15) is 0 Å². The molecule has 0 atom stereocenters. The average molecular weight is 267 g/mol.